The van der Waals surface area contributed by atoms with Gasteiger partial charge in [0.05, 0.1) is 11.1 Å². The number of carbonyl (C=O) groups excluding carboxylic acids is 1. The highest BCUT2D eigenvalue weighted by atomic mass is 32.2. The number of fused-ring (bicyclic) bond motifs is 3. The van der Waals surface area contributed by atoms with Gasteiger partial charge in [-0.15, -0.1) is 21.5 Å². The number of benzene rings is 1. The van der Waals surface area contributed by atoms with Gasteiger partial charge in [0, 0.05) is 10.6 Å². The Bertz CT molecular complexity index is 1110. The van der Waals surface area contributed by atoms with Crippen LogP contribution < -0.4 is 5.32 Å². The average Bonchev–Trinajstić information content (AvgIpc) is 3.16. The van der Waals surface area contributed by atoms with Crippen molar-refractivity contribution in [2.45, 2.75) is 25.9 Å². The molecule has 3 heterocycles. The molecular formula is C18H17N5OS2. The van der Waals surface area contributed by atoms with Crippen molar-refractivity contribution in [3.05, 3.63) is 46.6 Å². The highest BCUT2D eigenvalue weighted by Crippen LogP contribution is 2.32. The number of aryl methyl sites for hydroxylation is 3. The average molecular weight is 384 g/mol. The van der Waals surface area contributed by atoms with Crippen molar-refractivity contribution in [1.82, 2.24) is 19.6 Å². The van der Waals surface area contributed by atoms with Crippen LogP contribution in [0.4, 0.5) is 5.69 Å². The number of aromatic nitrogens is 4. The molecule has 0 fully saturated rings. The SMILES string of the molecule is Cc1ccc(NC(=O)CSc2nnc3c4c(C)c(C)sc4ncn23)cc1. The number of carbonyl (C=O) groups is 1. The normalized spacial score (nSPS) is 11.3. The van der Waals surface area contributed by atoms with Gasteiger partial charge in [-0.3, -0.25) is 9.20 Å². The summed E-state index contributed by atoms with van der Waals surface area (Å²) in [5, 5.41) is 13.2. The lowest BCUT2D eigenvalue weighted by atomic mass is 10.2. The molecule has 0 unspecified atom stereocenters. The molecule has 0 saturated carbocycles. The van der Waals surface area contributed by atoms with E-state index >= 15 is 0 Å². The van der Waals surface area contributed by atoms with Crippen LogP contribution in [0.15, 0.2) is 35.7 Å². The summed E-state index contributed by atoms with van der Waals surface area (Å²) in [6.07, 6.45) is 1.73. The van der Waals surface area contributed by atoms with Gasteiger partial charge in [0.2, 0.25) is 5.91 Å². The minimum Gasteiger partial charge on any atom is -0.325 e. The first-order valence-corrected chi connectivity index (χ1v) is 9.92. The van der Waals surface area contributed by atoms with E-state index in [0.29, 0.717) is 5.16 Å². The third-order valence-corrected chi connectivity index (χ3v) is 6.27. The van der Waals surface area contributed by atoms with Crippen molar-refractivity contribution < 1.29 is 4.79 Å². The van der Waals surface area contributed by atoms with Crippen molar-refractivity contribution in [1.29, 1.82) is 0 Å². The Morgan fingerprint density at radius 3 is 2.73 bits per heavy atom. The number of rotatable bonds is 4. The summed E-state index contributed by atoms with van der Waals surface area (Å²) >= 11 is 3.01. The number of thiophene rings is 1. The van der Waals surface area contributed by atoms with Gasteiger partial charge in [0.15, 0.2) is 10.8 Å². The van der Waals surface area contributed by atoms with Crippen LogP contribution in [-0.4, -0.2) is 31.2 Å². The van der Waals surface area contributed by atoms with Crippen molar-refractivity contribution >= 4 is 50.6 Å². The maximum atomic E-state index is 12.2. The second-order valence-corrected chi connectivity index (χ2v) is 8.23. The lowest BCUT2D eigenvalue weighted by molar-refractivity contribution is -0.113. The first-order chi connectivity index (χ1) is 12.5. The van der Waals surface area contributed by atoms with Crippen LogP contribution in [-0.2, 0) is 4.79 Å². The lowest BCUT2D eigenvalue weighted by Crippen LogP contribution is -2.14. The van der Waals surface area contributed by atoms with Gasteiger partial charge in [-0.25, -0.2) is 4.98 Å². The molecule has 4 rings (SSSR count). The van der Waals surface area contributed by atoms with E-state index in [1.807, 2.05) is 35.6 Å². The van der Waals surface area contributed by atoms with Crippen molar-refractivity contribution in [2.24, 2.45) is 0 Å². The lowest BCUT2D eigenvalue weighted by Gasteiger charge is -2.05. The first-order valence-electron chi connectivity index (χ1n) is 8.11. The van der Waals surface area contributed by atoms with Crippen LogP contribution in [0, 0.1) is 20.8 Å². The number of hydrogen-bond donors (Lipinski definition) is 1. The summed E-state index contributed by atoms with van der Waals surface area (Å²) in [6, 6.07) is 7.73. The third kappa shape index (κ3) is 3.06. The monoisotopic (exact) mass is 383 g/mol. The molecule has 132 valence electrons. The van der Waals surface area contributed by atoms with Crippen LogP contribution in [0.2, 0.25) is 0 Å². The molecule has 8 heteroatoms. The molecule has 1 amide bonds. The van der Waals surface area contributed by atoms with E-state index in [4.69, 9.17) is 0 Å². The van der Waals surface area contributed by atoms with Crippen LogP contribution in [0.3, 0.4) is 0 Å². The minimum atomic E-state index is -0.0767. The quantitative estimate of drug-likeness (QED) is 0.539. The fourth-order valence-corrected chi connectivity index (χ4v) is 4.38. The summed E-state index contributed by atoms with van der Waals surface area (Å²) in [4.78, 5) is 18.9. The fraction of sp³-hybridized carbons (Fsp3) is 0.222. The number of hydrogen-bond acceptors (Lipinski definition) is 6. The molecule has 0 bridgehead atoms. The van der Waals surface area contributed by atoms with E-state index in [0.717, 1.165) is 27.1 Å². The zero-order chi connectivity index (χ0) is 18.3. The molecule has 0 radical (unpaired) electrons. The number of anilines is 1. The topological polar surface area (TPSA) is 72.2 Å². The minimum absolute atomic E-state index is 0.0767. The second kappa shape index (κ2) is 6.69. The summed E-state index contributed by atoms with van der Waals surface area (Å²) in [6.45, 7) is 6.17. The van der Waals surface area contributed by atoms with Gasteiger partial charge < -0.3 is 5.32 Å². The van der Waals surface area contributed by atoms with E-state index < -0.39 is 0 Å². The molecule has 4 aromatic rings. The van der Waals surface area contributed by atoms with E-state index in [-0.39, 0.29) is 11.7 Å². The van der Waals surface area contributed by atoms with E-state index in [1.165, 1.54) is 22.2 Å². The van der Waals surface area contributed by atoms with Gasteiger partial charge in [-0.1, -0.05) is 29.5 Å². The van der Waals surface area contributed by atoms with Crippen LogP contribution in [0.5, 0.6) is 0 Å². The Morgan fingerprint density at radius 2 is 1.96 bits per heavy atom. The zero-order valence-electron chi connectivity index (χ0n) is 14.6. The number of nitrogens with zero attached hydrogens (tertiary/aromatic N) is 4. The first kappa shape index (κ1) is 17.0. The molecule has 0 atom stereocenters. The fourth-order valence-electron chi connectivity index (χ4n) is 2.69. The standard InChI is InChI=1S/C18H17N5OS2/c1-10-4-6-13(7-5-10)20-14(24)8-25-18-22-21-16-15-11(2)12(3)26-17(15)19-9-23(16)18/h4-7,9H,8H2,1-3H3,(H,20,24). The predicted molar refractivity (Wildman–Crippen MR) is 106 cm³/mol. The highest BCUT2D eigenvalue weighted by Gasteiger charge is 2.16. The van der Waals surface area contributed by atoms with Crippen LogP contribution in [0.1, 0.15) is 16.0 Å². The number of nitrogens with one attached hydrogen (secondary N) is 1. The molecule has 1 aromatic carbocycles. The van der Waals surface area contributed by atoms with Crippen molar-refractivity contribution in [2.75, 3.05) is 11.1 Å². The van der Waals surface area contributed by atoms with Crippen LogP contribution in [0.25, 0.3) is 15.9 Å². The Labute approximate surface area is 158 Å². The largest absolute Gasteiger partial charge is 0.325 e. The molecule has 1 N–H and O–H groups in total. The second-order valence-electron chi connectivity index (χ2n) is 6.09. The van der Waals surface area contributed by atoms with Gasteiger partial charge in [0.25, 0.3) is 0 Å². The Morgan fingerprint density at radius 1 is 1.19 bits per heavy atom. The Kier molecular flexibility index (Phi) is 4.37. The van der Waals surface area contributed by atoms with Gasteiger partial charge in [0.1, 0.15) is 11.2 Å². The molecule has 3 aromatic heterocycles. The maximum Gasteiger partial charge on any atom is 0.234 e. The van der Waals surface area contributed by atoms with E-state index in [1.54, 1.807) is 17.7 Å². The molecule has 26 heavy (non-hydrogen) atoms. The Balaban J connectivity index is 1.53. The van der Waals surface area contributed by atoms with Crippen LogP contribution >= 0.6 is 23.1 Å². The smallest absolute Gasteiger partial charge is 0.234 e. The van der Waals surface area contributed by atoms with E-state index in [9.17, 15) is 4.79 Å². The summed E-state index contributed by atoms with van der Waals surface area (Å²) in [5.41, 5.74) is 3.92. The van der Waals surface area contributed by atoms with Gasteiger partial charge in [-0.2, -0.15) is 0 Å². The van der Waals surface area contributed by atoms with E-state index in [2.05, 4.69) is 34.3 Å². The summed E-state index contributed by atoms with van der Waals surface area (Å²) in [7, 11) is 0. The number of amides is 1. The molecule has 0 aliphatic rings. The molecule has 6 nitrogen and oxygen atoms in total. The summed E-state index contributed by atoms with van der Waals surface area (Å²) in [5.74, 6) is 0.182. The summed E-state index contributed by atoms with van der Waals surface area (Å²) < 4.78 is 1.85. The van der Waals surface area contributed by atoms with Gasteiger partial charge >= 0.3 is 0 Å². The number of thioether (sulfide) groups is 1. The molecule has 0 spiro atoms. The van der Waals surface area contributed by atoms with Crippen molar-refractivity contribution in [3.63, 3.8) is 0 Å². The zero-order valence-corrected chi connectivity index (χ0v) is 16.2. The molecule has 0 saturated heterocycles. The molecule has 0 aliphatic carbocycles. The predicted octanol–water partition coefficient (Wildman–Crippen LogP) is 4.00. The molecular weight excluding hydrogens is 366 g/mol. The molecule has 0 aliphatic heterocycles. The highest BCUT2D eigenvalue weighted by molar-refractivity contribution is 7.99. The van der Waals surface area contributed by atoms with Crippen molar-refractivity contribution in [3.8, 4) is 0 Å². The Hall–Kier alpha value is -2.45. The maximum absolute atomic E-state index is 12.2. The van der Waals surface area contributed by atoms with Gasteiger partial charge in [-0.05, 0) is 38.5 Å². The third-order valence-electron chi connectivity index (χ3n) is 4.21.